The summed E-state index contributed by atoms with van der Waals surface area (Å²) in [4.78, 5) is 10.7. The van der Waals surface area contributed by atoms with Gasteiger partial charge < -0.3 is 4.57 Å². The molecule has 6 aromatic rings. The van der Waals surface area contributed by atoms with E-state index in [1.54, 1.807) is 0 Å². The Morgan fingerprint density at radius 2 is 1.31 bits per heavy atom. The van der Waals surface area contributed by atoms with E-state index in [0.717, 1.165) is 16.3 Å². The third-order valence-corrected chi connectivity index (χ3v) is 14.9. The van der Waals surface area contributed by atoms with E-state index in [1.165, 1.54) is 72.0 Å². The van der Waals surface area contributed by atoms with Gasteiger partial charge >= 0.3 is 0 Å². The van der Waals surface area contributed by atoms with Crippen LogP contribution in [0.3, 0.4) is 0 Å². The van der Waals surface area contributed by atoms with E-state index < -0.39 is 0 Å². The molecule has 0 N–H and O–H groups in total. The summed E-state index contributed by atoms with van der Waals surface area (Å²) >= 11 is 1.99. The molecule has 8 rings (SSSR count). The van der Waals surface area contributed by atoms with Crippen LogP contribution in [0.15, 0.2) is 90.1 Å². The van der Waals surface area contributed by atoms with Gasteiger partial charge in [-0.1, -0.05) is 136 Å². The van der Waals surface area contributed by atoms with Gasteiger partial charge in [-0.3, -0.25) is 9.98 Å². The van der Waals surface area contributed by atoms with Crippen LogP contribution in [0.25, 0.3) is 38.8 Å². The molecule has 0 fully saturated rings. The number of aliphatic imine (C=N–C) groups is 1. The van der Waals surface area contributed by atoms with Gasteiger partial charge in [-0.15, -0.1) is 0 Å². The van der Waals surface area contributed by atoms with Crippen LogP contribution in [0.1, 0.15) is 135 Å². The standard InChI is InChI=1S/C51H59N3S/c1-30-24-31(2)42(54-41-19-17-16-18-35(41)36-21-20-32(25-43(36)54)40-28-33(22-23-52-40)46(3,4)5)29-37(30)45-53-51(15)49(12,13)44-38(48(9,10)11)26-34(47(6,7)8)27-39(44)50(51,14)55-45/h16-29H,1-15H3/t50-,51+/m0/s1. The third kappa shape index (κ3) is 5.52. The Kier molecular flexibility index (Phi) is 8.19. The molecule has 0 saturated carbocycles. The molecule has 2 atom stereocenters. The van der Waals surface area contributed by atoms with Crippen molar-refractivity contribution in [3.63, 3.8) is 0 Å². The number of thioether (sulfide) groups is 1. The number of aromatic nitrogens is 2. The molecule has 1 aliphatic carbocycles. The largest absolute Gasteiger partial charge is 0.309 e. The van der Waals surface area contributed by atoms with Gasteiger partial charge in [0.2, 0.25) is 0 Å². The normalized spacial score (nSPS) is 21.0. The zero-order chi connectivity index (χ0) is 39.8. The number of nitrogens with zero attached hydrogens (tertiary/aromatic N) is 3. The Morgan fingerprint density at radius 3 is 1.98 bits per heavy atom. The lowest BCUT2D eigenvalue weighted by Crippen LogP contribution is -2.48. The molecule has 0 radical (unpaired) electrons. The van der Waals surface area contributed by atoms with Crippen LogP contribution < -0.4 is 0 Å². The molecule has 0 saturated heterocycles. The van der Waals surface area contributed by atoms with E-state index in [-0.39, 0.29) is 31.9 Å². The summed E-state index contributed by atoms with van der Waals surface area (Å²) in [5.41, 5.74) is 16.2. The summed E-state index contributed by atoms with van der Waals surface area (Å²) < 4.78 is 2.26. The van der Waals surface area contributed by atoms with E-state index in [4.69, 9.17) is 9.98 Å². The Morgan fingerprint density at radius 1 is 0.636 bits per heavy atom. The maximum absolute atomic E-state index is 5.89. The molecule has 4 heteroatoms. The topological polar surface area (TPSA) is 30.2 Å². The Balaban J connectivity index is 1.32. The van der Waals surface area contributed by atoms with Gasteiger partial charge in [0.05, 0.1) is 32.1 Å². The fourth-order valence-electron chi connectivity index (χ4n) is 9.51. The average molecular weight is 746 g/mol. The highest BCUT2D eigenvalue weighted by molar-refractivity contribution is 8.15. The number of rotatable bonds is 3. The van der Waals surface area contributed by atoms with E-state index >= 15 is 0 Å². The minimum atomic E-state index is -0.341. The summed E-state index contributed by atoms with van der Waals surface area (Å²) in [5, 5.41) is 3.65. The van der Waals surface area contributed by atoms with Gasteiger partial charge in [0.15, 0.2) is 0 Å². The molecule has 55 heavy (non-hydrogen) atoms. The van der Waals surface area contributed by atoms with Gasteiger partial charge in [0.1, 0.15) is 0 Å². The molecule has 3 heterocycles. The van der Waals surface area contributed by atoms with Crippen molar-refractivity contribution >= 4 is 38.6 Å². The van der Waals surface area contributed by atoms with E-state index in [9.17, 15) is 0 Å². The first-order chi connectivity index (χ1) is 25.5. The van der Waals surface area contributed by atoms with Crippen LogP contribution >= 0.6 is 11.8 Å². The first-order valence-corrected chi connectivity index (χ1v) is 20.9. The lowest BCUT2D eigenvalue weighted by molar-refractivity contribution is 0.262. The Hall–Kier alpha value is -4.15. The van der Waals surface area contributed by atoms with Crippen molar-refractivity contribution in [3.8, 4) is 16.9 Å². The number of fused-ring (bicyclic) bond motifs is 6. The highest BCUT2D eigenvalue weighted by Crippen LogP contribution is 2.68. The smallest absolute Gasteiger partial charge is 0.0997 e. The second-order valence-electron chi connectivity index (χ2n) is 20.4. The highest BCUT2D eigenvalue weighted by Gasteiger charge is 2.67. The number of hydrogen-bond acceptors (Lipinski definition) is 3. The van der Waals surface area contributed by atoms with E-state index in [2.05, 4.69) is 187 Å². The minimum Gasteiger partial charge on any atom is -0.309 e. The minimum absolute atomic E-state index is 0.0151. The molecule has 3 nitrogen and oxygen atoms in total. The molecule has 0 bridgehead atoms. The maximum atomic E-state index is 5.89. The average Bonchev–Trinajstić information content (AvgIpc) is 3.62. The van der Waals surface area contributed by atoms with Crippen LogP contribution in [0.2, 0.25) is 0 Å². The SMILES string of the molecule is Cc1cc(C)c(-n2c3ccccc3c3ccc(-c4cc(C(C)(C)C)ccn4)cc32)cc1C1=N[C@]2(C)C(C)(C)c3c(C(C)(C)C)cc(C(C)(C)C)cc3[C@]2(C)S1. The fourth-order valence-corrected chi connectivity index (χ4v) is 11.2. The predicted octanol–water partition coefficient (Wildman–Crippen LogP) is 13.8. The summed E-state index contributed by atoms with van der Waals surface area (Å²) in [5.74, 6) is 0. The van der Waals surface area contributed by atoms with Crippen LogP contribution in [0.5, 0.6) is 0 Å². The quantitative estimate of drug-likeness (QED) is 0.181. The zero-order valence-corrected chi connectivity index (χ0v) is 36.6. The first-order valence-electron chi connectivity index (χ1n) is 20.1. The number of pyridine rings is 1. The van der Waals surface area contributed by atoms with Crippen molar-refractivity contribution in [2.24, 2.45) is 4.99 Å². The summed E-state index contributed by atoms with van der Waals surface area (Å²) in [6.07, 6.45) is 1.95. The van der Waals surface area contributed by atoms with Gasteiger partial charge in [-0.25, -0.2) is 0 Å². The van der Waals surface area contributed by atoms with Crippen LogP contribution in [0.4, 0.5) is 0 Å². The Labute approximate surface area is 334 Å². The van der Waals surface area contributed by atoms with Gasteiger partial charge in [-0.2, -0.15) is 0 Å². The highest BCUT2D eigenvalue weighted by atomic mass is 32.2. The molecule has 1 aliphatic heterocycles. The lowest BCUT2D eigenvalue weighted by Gasteiger charge is -2.41. The van der Waals surface area contributed by atoms with Crippen LogP contribution in [-0.2, 0) is 26.4 Å². The molecule has 2 aromatic heterocycles. The van der Waals surface area contributed by atoms with Crippen molar-refractivity contribution in [1.82, 2.24) is 9.55 Å². The van der Waals surface area contributed by atoms with Crippen LogP contribution in [-0.4, -0.2) is 20.1 Å². The van der Waals surface area contributed by atoms with Gasteiger partial charge in [0.25, 0.3) is 0 Å². The maximum Gasteiger partial charge on any atom is 0.0997 e. The predicted molar refractivity (Wildman–Crippen MR) is 239 cm³/mol. The monoisotopic (exact) mass is 745 g/mol. The zero-order valence-electron chi connectivity index (χ0n) is 35.8. The molecule has 284 valence electrons. The van der Waals surface area contributed by atoms with Crippen LogP contribution in [0, 0.1) is 13.8 Å². The molecule has 0 spiro atoms. The van der Waals surface area contributed by atoms with E-state index in [0.29, 0.717) is 0 Å². The van der Waals surface area contributed by atoms with Gasteiger partial charge in [0, 0.05) is 39.2 Å². The summed E-state index contributed by atoms with van der Waals surface area (Å²) in [6, 6.07) is 30.0. The first kappa shape index (κ1) is 37.8. The van der Waals surface area contributed by atoms with Crippen molar-refractivity contribution in [2.45, 2.75) is 136 Å². The third-order valence-electron chi connectivity index (χ3n) is 13.3. The number of benzene rings is 4. The van der Waals surface area contributed by atoms with Crippen molar-refractivity contribution in [2.75, 3.05) is 0 Å². The lowest BCUT2D eigenvalue weighted by atomic mass is 9.67. The molecule has 0 unspecified atom stereocenters. The van der Waals surface area contributed by atoms with Crippen molar-refractivity contribution in [3.05, 3.63) is 130 Å². The molecule has 4 aromatic carbocycles. The molecular formula is C51H59N3S. The summed E-state index contributed by atoms with van der Waals surface area (Å²) in [7, 11) is 0. The van der Waals surface area contributed by atoms with Crippen molar-refractivity contribution in [1.29, 1.82) is 0 Å². The molecule has 2 aliphatic rings. The number of para-hydroxylation sites is 1. The number of hydrogen-bond donors (Lipinski definition) is 0. The Bertz CT molecular complexity index is 2600. The summed E-state index contributed by atoms with van der Waals surface area (Å²) in [6.45, 7) is 35.3. The molecular weight excluding hydrogens is 687 g/mol. The van der Waals surface area contributed by atoms with Gasteiger partial charge in [-0.05, 0) is 113 Å². The van der Waals surface area contributed by atoms with E-state index in [1.807, 2.05) is 18.0 Å². The fraction of sp³-hybridized carbons (Fsp3) is 0.412. The second-order valence-corrected chi connectivity index (χ2v) is 21.8. The molecule has 0 amide bonds. The van der Waals surface area contributed by atoms with Crippen molar-refractivity contribution < 1.29 is 0 Å². The second kappa shape index (κ2) is 11.9. The number of aryl methyl sites for hydroxylation is 2.